The summed E-state index contributed by atoms with van der Waals surface area (Å²) in [4.78, 5) is 18.3. The molecule has 2 aromatic rings. The van der Waals surface area contributed by atoms with Crippen LogP contribution >= 0.6 is 11.6 Å². The summed E-state index contributed by atoms with van der Waals surface area (Å²) in [5.41, 5.74) is 1.80. The zero-order valence-corrected chi connectivity index (χ0v) is 12.3. The monoisotopic (exact) mass is 279 g/mol. The molecule has 0 saturated carbocycles. The van der Waals surface area contributed by atoms with Crippen molar-refractivity contribution in [2.75, 3.05) is 14.1 Å². The summed E-state index contributed by atoms with van der Waals surface area (Å²) in [5.74, 6) is 0.757. The van der Waals surface area contributed by atoms with Gasteiger partial charge in [-0.05, 0) is 26.0 Å². The summed E-state index contributed by atoms with van der Waals surface area (Å²) in [6, 6.07) is 7.45. The summed E-state index contributed by atoms with van der Waals surface area (Å²) < 4.78 is 1.93. The number of rotatable bonds is 3. The Balaban J connectivity index is 2.62. The maximum Gasteiger partial charge on any atom is 0.244 e. The number of likely N-dealkylation sites (N-methyl/N-ethyl adjacent to an activating group) is 1. The van der Waals surface area contributed by atoms with Crippen LogP contribution in [0.1, 0.15) is 31.1 Å². The number of hydrogen-bond acceptors (Lipinski definition) is 2. The van der Waals surface area contributed by atoms with Crippen molar-refractivity contribution in [3.05, 3.63) is 30.1 Å². The topological polar surface area (TPSA) is 38.1 Å². The van der Waals surface area contributed by atoms with Gasteiger partial charge in [0.1, 0.15) is 11.9 Å². The molecule has 0 spiro atoms. The van der Waals surface area contributed by atoms with Crippen molar-refractivity contribution in [2.24, 2.45) is 0 Å². The average molecular weight is 280 g/mol. The Hall–Kier alpha value is -1.55. The van der Waals surface area contributed by atoms with E-state index < -0.39 is 0 Å². The second-order valence-corrected chi connectivity index (χ2v) is 5.51. The molecule has 0 aliphatic rings. The van der Waals surface area contributed by atoms with Gasteiger partial charge in [-0.25, -0.2) is 4.98 Å². The van der Waals surface area contributed by atoms with E-state index in [1.807, 2.05) is 42.7 Å². The van der Waals surface area contributed by atoms with E-state index in [0.29, 0.717) is 0 Å². The zero-order chi connectivity index (χ0) is 14.2. The lowest BCUT2D eigenvalue weighted by molar-refractivity contribution is -0.131. The minimum atomic E-state index is -0.321. The standard InChI is InChI=1S/C14H18ClN3O/c1-9(15)13-16-11-7-5-6-8-12(11)18(13)10(2)14(19)17(3)4/h5-10H,1-4H3. The summed E-state index contributed by atoms with van der Waals surface area (Å²) >= 11 is 6.20. The molecule has 0 fully saturated rings. The molecule has 19 heavy (non-hydrogen) atoms. The van der Waals surface area contributed by atoms with Crippen LogP contribution < -0.4 is 0 Å². The number of imidazole rings is 1. The van der Waals surface area contributed by atoms with Gasteiger partial charge in [-0.15, -0.1) is 11.6 Å². The van der Waals surface area contributed by atoms with Crippen LogP contribution in [0.4, 0.5) is 0 Å². The molecule has 0 bridgehead atoms. The van der Waals surface area contributed by atoms with Crippen molar-refractivity contribution in [3.8, 4) is 0 Å². The SMILES string of the molecule is CC(Cl)c1nc2ccccc2n1C(C)C(=O)N(C)C. The van der Waals surface area contributed by atoms with Crippen LogP contribution in [0.15, 0.2) is 24.3 Å². The lowest BCUT2D eigenvalue weighted by atomic mass is 10.2. The summed E-state index contributed by atoms with van der Waals surface area (Å²) in [6.07, 6.45) is 0. The molecular formula is C14H18ClN3O. The van der Waals surface area contributed by atoms with E-state index >= 15 is 0 Å². The Morgan fingerprint density at radius 1 is 1.32 bits per heavy atom. The van der Waals surface area contributed by atoms with E-state index in [0.717, 1.165) is 16.9 Å². The highest BCUT2D eigenvalue weighted by Gasteiger charge is 2.24. The third-order valence-corrected chi connectivity index (χ3v) is 3.36. The Morgan fingerprint density at radius 2 is 1.95 bits per heavy atom. The first-order valence-corrected chi connectivity index (χ1v) is 6.69. The normalized spacial score (nSPS) is 14.4. The third kappa shape index (κ3) is 2.45. The fourth-order valence-corrected chi connectivity index (χ4v) is 2.39. The van der Waals surface area contributed by atoms with Gasteiger partial charge in [0.15, 0.2) is 0 Å². The van der Waals surface area contributed by atoms with Gasteiger partial charge in [0, 0.05) is 14.1 Å². The number of hydrogen-bond donors (Lipinski definition) is 0. The number of halogens is 1. The first kappa shape index (κ1) is 13.9. The smallest absolute Gasteiger partial charge is 0.244 e. The van der Waals surface area contributed by atoms with Gasteiger partial charge in [0.2, 0.25) is 5.91 Å². The lowest BCUT2D eigenvalue weighted by Gasteiger charge is -2.21. The fourth-order valence-electron chi connectivity index (χ4n) is 2.23. The minimum absolute atomic E-state index is 0.0294. The van der Waals surface area contributed by atoms with Crippen LogP contribution in [-0.2, 0) is 4.79 Å². The molecule has 5 heteroatoms. The molecule has 1 aromatic heterocycles. The molecule has 0 saturated heterocycles. The molecule has 4 nitrogen and oxygen atoms in total. The Morgan fingerprint density at radius 3 is 2.53 bits per heavy atom. The lowest BCUT2D eigenvalue weighted by Crippen LogP contribution is -2.30. The summed E-state index contributed by atoms with van der Waals surface area (Å²) in [5, 5.41) is -0.246. The van der Waals surface area contributed by atoms with Crippen molar-refractivity contribution >= 4 is 28.5 Å². The molecule has 2 unspecified atom stereocenters. The van der Waals surface area contributed by atoms with Gasteiger partial charge in [-0.1, -0.05) is 12.1 Å². The van der Waals surface area contributed by atoms with Crippen molar-refractivity contribution in [3.63, 3.8) is 0 Å². The third-order valence-electron chi connectivity index (χ3n) is 3.16. The highest BCUT2D eigenvalue weighted by Crippen LogP contribution is 2.28. The molecule has 1 heterocycles. The molecule has 2 atom stereocenters. The van der Waals surface area contributed by atoms with E-state index in [9.17, 15) is 4.79 Å². The van der Waals surface area contributed by atoms with Crippen LogP contribution in [0.5, 0.6) is 0 Å². The predicted molar refractivity (Wildman–Crippen MR) is 77.4 cm³/mol. The maximum atomic E-state index is 12.2. The van der Waals surface area contributed by atoms with Crippen LogP contribution in [0.3, 0.4) is 0 Å². The zero-order valence-electron chi connectivity index (χ0n) is 11.6. The van der Waals surface area contributed by atoms with Crippen LogP contribution in [0, 0.1) is 0 Å². The van der Waals surface area contributed by atoms with E-state index in [1.54, 1.807) is 19.0 Å². The predicted octanol–water partition coefficient (Wildman–Crippen LogP) is 2.99. The molecule has 0 radical (unpaired) electrons. The maximum absolute atomic E-state index is 12.2. The van der Waals surface area contributed by atoms with Crippen molar-refractivity contribution in [2.45, 2.75) is 25.3 Å². The first-order chi connectivity index (χ1) is 8.93. The molecule has 102 valence electrons. The number of carbonyl (C=O) groups excluding carboxylic acids is 1. The number of para-hydroxylation sites is 2. The largest absolute Gasteiger partial charge is 0.347 e. The minimum Gasteiger partial charge on any atom is -0.347 e. The first-order valence-electron chi connectivity index (χ1n) is 6.25. The van der Waals surface area contributed by atoms with E-state index in [-0.39, 0.29) is 17.3 Å². The van der Waals surface area contributed by atoms with Gasteiger partial charge in [-0.2, -0.15) is 0 Å². The van der Waals surface area contributed by atoms with Gasteiger partial charge < -0.3 is 9.47 Å². The number of nitrogens with zero attached hydrogens (tertiary/aromatic N) is 3. The number of carbonyl (C=O) groups is 1. The molecule has 1 amide bonds. The van der Waals surface area contributed by atoms with Gasteiger partial charge >= 0.3 is 0 Å². The quantitative estimate of drug-likeness (QED) is 0.810. The van der Waals surface area contributed by atoms with E-state index in [4.69, 9.17) is 11.6 Å². The summed E-state index contributed by atoms with van der Waals surface area (Å²) in [7, 11) is 3.50. The molecule has 1 aromatic carbocycles. The second kappa shape index (κ2) is 5.21. The second-order valence-electron chi connectivity index (χ2n) is 4.85. The number of alkyl halides is 1. The van der Waals surface area contributed by atoms with Crippen molar-refractivity contribution in [1.29, 1.82) is 0 Å². The number of fused-ring (bicyclic) bond motifs is 1. The fraction of sp³-hybridized carbons (Fsp3) is 0.429. The van der Waals surface area contributed by atoms with E-state index in [2.05, 4.69) is 4.98 Å². The molecule has 0 aliphatic heterocycles. The molecular weight excluding hydrogens is 262 g/mol. The highest BCUT2D eigenvalue weighted by atomic mass is 35.5. The number of benzene rings is 1. The van der Waals surface area contributed by atoms with Gasteiger partial charge in [0.05, 0.1) is 16.4 Å². The van der Waals surface area contributed by atoms with E-state index in [1.165, 1.54) is 0 Å². The van der Waals surface area contributed by atoms with Crippen molar-refractivity contribution < 1.29 is 4.79 Å². The van der Waals surface area contributed by atoms with Crippen LogP contribution in [-0.4, -0.2) is 34.5 Å². The highest BCUT2D eigenvalue weighted by molar-refractivity contribution is 6.20. The number of aromatic nitrogens is 2. The van der Waals surface area contributed by atoms with Crippen LogP contribution in [0.25, 0.3) is 11.0 Å². The van der Waals surface area contributed by atoms with Gasteiger partial charge in [-0.3, -0.25) is 4.79 Å². The Kier molecular flexibility index (Phi) is 3.80. The Bertz CT molecular complexity index is 604. The molecule has 2 rings (SSSR count). The Labute approximate surface area is 118 Å². The molecule has 0 N–H and O–H groups in total. The average Bonchev–Trinajstić information content (AvgIpc) is 2.76. The van der Waals surface area contributed by atoms with Gasteiger partial charge in [0.25, 0.3) is 0 Å². The molecule has 0 aliphatic carbocycles. The summed E-state index contributed by atoms with van der Waals surface area (Å²) in [6.45, 7) is 3.74. The van der Waals surface area contributed by atoms with Crippen molar-refractivity contribution in [1.82, 2.24) is 14.5 Å². The van der Waals surface area contributed by atoms with Crippen LogP contribution in [0.2, 0.25) is 0 Å². The number of amides is 1.